The number of halogens is 2. The van der Waals surface area contributed by atoms with E-state index in [4.69, 9.17) is 4.74 Å². The Balaban J connectivity index is 1.29. The zero-order valence-corrected chi connectivity index (χ0v) is 20.1. The molecule has 11 heteroatoms. The van der Waals surface area contributed by atoms with Crippen LogP contribution in [0.25, 0.3) is 0 Å². The summed E-state index contributed by atoms with van der Waals surface area (Å²) in [5.41, 5.74) is 0.193. The number of nitrogens with zero attached hydrogens (tertiary/aromatic N) is 4. The minimum Gasteiger partial charge on any atom is -0.444 e. The second kappa shape index (κ2) is 9.34. The number of alkyl halides is 2. The highest BCUT2D eigenvalue weighted by Gasteiger charge is 2.46. The Morgan fingerprint density at radius 3 is 2.56 bits per heavy atom. The standard InChI is InChI=1S/C23H33F2N7O2/c1-22(2,3)34-21(33)27-15-5-7-16(8-6-15)32(4)20-26-10-9-18(29-20)28-19-11-17(30-31-19)14-12-23(24,25)13-14/h9-11,14-16H,5-8,12-13H2,1-4H3,(H,27,33)(H2,26,28,29,30,31). The molecule has 0 bridgehead atoms. The second-order valence-corrected chi connectivity index (χ2v) is 10.3. The van der Waals surface area contributed by atoms with Gasteiger partial charge in [-0.2, -0.15) is 10.1 Å². The van der Waals surface area contributed by atoms with Crippen LogP contribution in [-0.2, 0) is 4.74 Å². The minimum absolute atomic E-state index is 0.0953. The first-order valence-electron chi connectivity index (χ1n) is 11.7. The van der Waals surface area contributed by atoms with Crippen LogP contribution < -0.4 is 15.5 Å². The van der Waals surface area contributed by atoms with Crippen LogP contribution in [0.5, 0.6) is 0 Å². The summed E-state index contributed by atoms with van der Waals surface area (Å²) in [5.74, 6) is -1.06. The van der Waals surface area contributed by atoms with Gasteiger partial charge < -0.3 is 20.3 Å². The zero-order valence-electron chi connectivity index (χ0n) is 20.1. The molecule has 4 rings (SSSR count). The Morgan fingerprint density at radius 1 is 1.21 bits per heavy atom. The lowest BCUT2D eigenvalue weighted by Gasteiger charge is -2.35. The van der Waals surface area contributed by atoms with Crippen LogP contribution >= 0.6 is 0 Å². The van der Waals surface area contributed by atoms with Crippen molar-refractivity contribution >= 4 is 23.7 Å². The normalized spacial score (nSPS) is 22.5. The highest BCUT2D eigenvalue weighted by Crippen LogP contribution is 2.48. The fourth-order valence-electron chi connectivity index (χ4n) is 4.46. The van der Waals surface area contributed by atoms with E-state index in [-0.39, 0.29) is 36.9 Å². The molecule has 2 aromatic rings. The van der Waals surface area contributed by atoms with Crippen LogP contribution in [0.3, 0.4) is 0 Å². The average molecular weight is 478 g/mol. The first-order chi connectivity index (χ1) is 16.0. The van der Waals surface area contributed by atoms with Crippen LogP contribution in [0.4, 0.5) is 31.2 Å². The molecule has 9 nitrogen and oxygen atoms in total. The Hall–Kier alpha value is -2.98. The van der Waals surface area contributed by atoms with Crippen LogP contribution in [-0.4, -0.2) is 56.9 Å². The summed E-state index contributed by atoms with van der Waals surface area (Å²) in [6, 6.07) is 3.84. The summed E-state index contributed by atoms with van der Waals surface area (Å²) >= 11 is 0. The fraction of sp³-hybridized carbons (Fsp3) is 0.652. The van der Waals surface area contributed by atoms with Gasteiger partial charge in [0, 0.05) is 55.8 Å². The number of hydrogen-bond acceptors (Lipinski definition) is 7. The summed E-state index contributed by atoms with van der Waals surface area (Å²) in [6.45, 7) is 5.55. The smallest absolute Gasteiger partial charge is 0.407 e. The van der Waals surface area contributed by atoms with E-state index in [1.807, 2.05) is 27.8 Å². The van der Waals surface area contributed by atoms with E-state index in [1.54, 1.807) is 18.3 Å². The molecule has 2 aromatic heterocycles. The molecule has 0 spiro atoms. The third-order valence-corrected chi connectivity index (χ3v) is 6.31. The monoisotopic (exact) mass is 477 g/mol. The molecule has 1 amide bonds. The maximum Gasteiger partial charge on any atom is 0.407 e. The molecule has 0 radical (unpaired) electrons. The summed E-state index contributed by atoms with van der Waals surface area (Å²) in [4.78, 5) is 23.1. The van der Waals surface area contributed by atoms with Crippen LogP contribution in [0.15, 0.2) is 18.3 Å². The molecular formula is C23H33F2N7O2. The average Bonchev–Trinajstić information content (AvgIpc) is 3.19. The van der Waals surface area contributed by atoms with E-state index in [0.717, 1.165) is 25.7 Å². The van der Waals surface area contributed by atoms with Crippen molar-refractivity contribution in [3.63, 3.8) is 0 Å². The second-order valence-electron chi connectivity index (χ2n) is 10.3. The molecule has 3 N–H and O–H groups in total. The molecule has 2 heterocycles. The number of anilines is 3. The molecule has 34 heavy (non-hydrogen) atoms. The van der Waals surface area contributed by atoms with Gasteiger partial charge in [-0.3, -0.25) is 5.10 Å². The van der Waals surface area contributed by atoms with E-state index in [1.165, 1.54) is 0 Å². The number of ether oxygens (including phenoxy) is 1. The number of carbonyl (C=O) groups is 1. The van der Waals surface area contributed by atoms with Gasteiger partial charge in [-0.15, -0.1) is 0 Å². The molecule has 0 aliphatic heterocycles. The molecule has 0 unspecified atom stereocenters. The van der Waals surface area contributed by atoms with Crippen molar-refractivity contribution in [1.29, 1.82) is 0 Å². The van der Waals surface area contributed by atoms with Gasteiger partial charge in [-0.05, 0) is 52.5 Å². The predicted octanol–water partition coefficient (Wildman–Crippen LogP) is 4.73. The quantitative estimate of drug-likeness (QED) is 0.552. The van der Waals surface area contributed by atoms with Gasteiger partial charge >= 0.3 is 6.09 Å². The molecule has 0 saturated heterocycles. The van der Waals surface area contributed by atoms with Crippen LogP contribution in [0.2, 0.25) is 0 Å². The zero-order chi connectivity index (χ0) is 24.5. The Kier molecular flexibility index (Phi) is 6.64. The lowest BCUT2D eigenvalue weighted by Crippen LogP contribution is -2.44. The van der Waals surface area contributed by atoms with Gasteiger partial charge in [0.25, 0.3) is 0 Å². The lowest BCUT2D eigenvalue weighted by molar-refractivity contribution is -0.0876. The van der Waals surface area contributed by atoms with E-state index in [2.05, 4.69) is 35.7 Å². The first kappa shape index (κ1) is 24.2. The first-order valence-corrected chi connectivity index (χ1v) is 11.7. The van der Waals surface area contributed by atoms with E-state index in [9.17, 15) is 13.6 Å². The van der Waals surface area contributed by atoms with Crippen molar-refractivity contribution in [2.24, 2.45) is 0 Å². The number of hydrogen-bond donors (Lipinski definition) is 3. The van der Waals surface area contributed by atoms with Gasteiger partial charge in [0.15, 0.2) is 5.82 Å². The Bertz CT molecular complexity index is 991. The third-order valence-electron chi connectivity index (χ3n) is 6.31. The van der Waals surface area contributed by atoms with Crippen molar-refractivity contribution in [2.45, 2.75) is 88.8 Å². The highest BCUT2D eigenvalue weighted by molar-refractivity contribution is 5.68. The van der Waals surface area contributed by atoms with Crippen LogP contribution in [0.1, 0.15) is 70.9 Å². The number of rotatable bonds is 6. The molecule has 0 atom stereocenters. The molecule has 2 saturated carbocycles. The molecule has 186 valence electrons. The fourth-order valence-corrected chi connectivity index (χ4v) is 4.46. The molecular weight excluding hydrogens is 444 g/mol. The summed E-state index contributed by atoms with van der Waals surface area (Å²) < 4.78 is 31.6. The molecule has 2 aliphatic carbocycles. The Morgan fingerprint density at radius 2 is 1.91 bits per heavy atom. The summed E-state index contributed by atoms with van der Waals surface area (Å²) in [5, 5.41) is 13.1. The number of aromatic nitrogens is 4. The topological polar surface area (TPSA) is 108 Å². The predicted molar refractivity (Wildman–Crippen MR) is 125 cm³/mol. The molecule has 2 fully saturated rings. The summed E-state index contributed by atoms with van der Waals surface area (Å²) in [7, 11) is 1.97. The van der Waals surface area contributed by atoms with Gasteiger partial charge in [0.2, 0.25) is 11.9 Å². The minimum atomic E-state index is -2.57. The van der Waals surface area contributed by atoms with Gasteiger partial charge in [0.05, 0.1) is 0 Å². The highest BCUT2D eigenvalue weighted by atomic mass is 19.3. The van der Waals surface area contributed by atoms with Gasteiger partial charge in [-0.1, -0.05) is 0 Å². The number of aromatic amines is 1. The van der Waals surface area contributed by atoms with Crippen molar-refractivity contribution in [1.82, 2.24) is 25.5 Å². The van der Waals surface area contributed by atoms with Gasteiger partial charge in [0.1, 0.15) is 11.4 Å². The van der Waals surface area contributed by atoms with Crippen molar-refractivity contribution < 1.29 is 18.3 Å². The number of amides is 1. The lowest BCUT2D eigenvalue weighted by atomic mass is 9.79. The van der Waals surface area contributed by atoms with E-state index < -0.39 is 11.5 Å². The van der Waals surface area contributed by atoms with Crippen molar-refractivity contribution in [3.8, 4) is 0 Å². The largest absolute Gasteiger partial charge is 0.444 e. The number of alkyl carbamates (subject to hydrolysis) is 1. The van der Waals surface area contributed by atoms with Crippen LogP contribution in [0, 0.1) is 0 Å². The summed E-state index contributed by atoms with van der Waals surface area (Å²) in [6.07, 6.45) is 4.50. The molecule has 0 aromatic carbocycles. The van der Waals surface area contributed by atoms with Crippen molar-refractivity contribution in [2.75, 3.05) is 17.3 Å². The maximum absolute atomic E-state index is 13.1. The number of carbonyl (C=O) groups excluding carboxylic acids is 1. The number of H-pyrrole nitrogens is 1. The maximum atomic E-state index is 13.1. The molecule has 2 aliphatic rings. The third kappa shape index (κ3) is 6.12. The SMILES string of the molecule is CN(c1nccc(Nc2cc(C3CC(F)(F)C3)[nH]n2)n1)C1CCC(NC(=O)OC(C)(C)C)CC1. The Labute approximate surface area is 198 Å². The number of nitrogens with one attached hydrogen (secondary N) is 3. The van der Waals surface area contributed by atoms with Crippen molar-refractivity contribution in [3.05, 3.63) is 24.0 Å². The van der Waals surface area contributed by atoms with E-state index in [0.29, 0.717) is 23.3 Å². The van der Waals surface area contributed by atoms with E-state index >= 15 is 0 Å². The van der Waals surface area contributed by atoms with Gasteiger partial charge in [-0.25, -0.2) is 18.6 Å².